The first kappa shape index (κ1) is 26.9. The Labute approximate surface area is 222 Å². The van der Waals surface area contributed by atoms with E-state index in [0.29, 0.717) is 27.7 Å². The number of nitrogens with one attached hydrogen (secondary N) is 1. The summed E-state index contributed by atoms with van der Waals surface area (Å²) in [4.78, 5) is 18.5. The quantitative estimate of drug-likeness (QED) is 0.272. The van der Waals surface area contributed by atoms with E-state index in [-0.39, 0.29) is 33.9 Å². The van der Waals surface area contributed by atoms with E-state index in [2.05, 4.69) is 10.3 Å². The number of benzene rings is 1. The Morgan fingerprint density at radius 3 is 2.68 bits per heavy atom. The van der Waals surface area contributed by atoms with E-state index in [9.17, 15) is 23.2 Å². The van der Waals surface area contributed by atoms with Crippen LogP contribution in [0.15, 0.2) is 35.0 Å². The number of thiocarbonyl (C=S) groups is 1. The molecule has 0 spiro atoms. The summed E-state index contributed by atoms with van der Waals surface area (Å²) in [5, 5.41) is 12.9. The molecule has 37 heavy (non-hydrogen) atoms. The second-order valence-corrected chi connectivity index (χ2v) is 10.3. The molecule has 1 aliphatic carbocycles. The van der Waals surface area contributed by atoms with E-state index >= 15 is 0 Å². The molecule has 4 rings (SSSR count). The van der Waals surface area contributed by atoms with Crippen LogP contribution in [0.3, 0.4) is 0 Å². The summed E-state index contributed by atoms with van der Waals surface area (Å²) in [5.74, 6) is 0.573. The van der Waals surface area contributed by atoms with Crippen molar-refractivity contribution in [2.24, 2.45) is 0 Å². The molecule has 1 saturated carbocycles. The number of aryl methyl sites for hydroxylation is 1. The maximum atomic E-state index is 13.3. The Morgan fingerprint density at radius 1 is 1.30 bits per heavy atom. The number of ether oxygens (including phenoxy) is 1. The van der Waals surface area contributed by atoms with Crippen LogP contribution in [-0.2, 0) is 16.7 Å². The standard InChI is InChI=1S/C26H25F3N4O2S2/c1-15-10-22(26(27,28)29)32-23(19(15)13-30)37-14-17-11-16(8-9-21(17)35-2)12-20-24(34)33(25(36)31-20)18-6-4-3-5-7-18/h8-12,18H,3-7,14H2,1-2H3,(H,31,36)/b20-12+. The third-order valence-electron chi connectivity index (χ3n) is 6.41. The maximum Gasteiger partial charge on any atom is 0.433 e. The SMILES string of the molecule is COc1ccc(/C=C2/NC(=S)N(C3CCCCC3)C2=O)cc1CSc1nc(C(F)(F)F)cc(C)c1C#N. The van der Waals surface area contributed by atoms with Crippen LogP contribution in [-0.4, -0.2) is 34.1 Å². The highest BCUT2D eigenvalue weighted by Gasteiger charge is 2.36. The monoisotopic (exact) mass is 546 g/mol. The van der Waals surface area contributed by atoms with E-state index in [4.69, 9.17) is 17.0 Å². The van der Waals surface area contributed by atoms with Crippen molar-refractivity contribution in [2.75, 3.05) is 7.11 Å². The van der Waals surface area contributed by atoms with Crippen LogP contribution >= 0.6 is 24.0 Å². The number of aromatic nitrogens is 1. The summed E-state index contributed by atoms with van der Waals surface area (Å²) < 4.78 is 45.3. The second kappa shape index (κ2) is 11.1. The average Bonchev–Trinajstić information content (AvgIpc) is 3.14. The number of rotatable bonds is 6. The molecule has 1 aliphatic heterocycles. The Morgan fingerprint density at radius 2 is 2.03 bits per heavy atom. The number of alkyl halides is 3. The fourth-order valence-electron chi connectivity index (χ4n) is 4.56. The van der Waals surface area contributed by atoms with E-state index in [1.807, 2.05) is 6.07 Å². The van der Waals surface area contributed by atoms with Crippen LogP contribution in [0, 0.1) is 18.3 Å². The van der Waals surface area contributed by atoms with Crippen LogP contribution in [0.4, 0.5) is 13.2 Å². The number of hydrogen-bond acceptors (Lipinski definition) is 6. The minimum Gasteiger partial charge on any atom is -0.496 e. The zero-order chi connectivity index (χ0) is 26.7. The van der Waals surface area contributed by atoms with E-state index in [0.717, 1.165) is 43.5 Å². The molecule has 194 valence electrons. The van der Waals surface area contributed by atoms with Crippen LogP contribution in [0.1, 0.15) is 60.1 Å². The minimum atomic E-state index is -4.62. The Bertz CT molecular complexity index is 1300. The average molecular weight is 547 g/mol. The predicted molar refractivity (Wildman–Crippen MR) is 139 cm³/mol. The predicted octanol–water partition coefficient (Wildman–Crippen LogP) is 5.97. The molecule has 0 atom stereocenters. The number of methoxy groups -OCH3 is 1. The fraction of sp³-hybridized carbons (Fsp3) is 0.385. The van der Waals surface area contributed by atoms with E-state index < -0.39 is 11.9 Å². The first-order valence-corrected chi connectivity index (χ1v) is 13.2. The van der Waals surface area contributed by atoms with Gasteiger partial charge < -0.3 is 10.1 Å². The first-order valence-electron chi connectivity index (χ1n) is 11.8. The summed E-state index contributed by atoms with van der Waals surface area (Å²) in [6, 6.07) is 8.25. The van der Waals surface area contributed by atoms with Gasteiger partial charge >= 0.3 is 6.18 Å². The summed E-state index contributed by atoms with van der Waals surface area (Å²) in [7, 11) is 1.50. The van der Waals surface area contributed by atoms with Crippen molar-refractivity contribution in [1.82, 2.24) is 15.2 Å². The molecule has 2 heterocycles. The molecule has 1 aromatic heterocycles. The van der Waals surface area contributed by atoms with Crippen molar-refractivity contribution < 1.29 is 22.7 Å². The molecule has 1 saturated heterocycles. The lowest BCUT2D eigenvalue weighted by molar-refractivity contribution is -0.141. The number of amides is 1. The Kier molecular flexibility index (Phi) is 8.09. The van der Waals surface area contributed by atoms with Crippen molar-refractivity contribution in [1.29, 1.82) is 5.26 Å². The lowest BCUT2D eigenvalue weighted by Gasteiger charge is -2.29. The first-order chi connectivity index (χ1) is 17.6. The van der Waals surface area contributed by atoms with Crippen molar-refractivity contribution in [3.63, 3.8) is 0 Å². The minimum absolute atomic E-state index is 0.00162. The normalized spacial score (nSPS) is 17.7. The molecule has 6 nitrogen and oxygen atoms in total. The highest BCUT2D eigenvalue weighted by molar-refractivity contribution is 7.98. The lowest BCUT2D eigenvalue weighted by Crippen LogP contribution is -2.41. The fourth-order valence-corrected chi connectivity index (χ4v) is 5.94. The number of nitrogens with zero attached hydrogens (tertiary/aromatic N) is 3. The van der Waals surface area contributed by atoms with Crippen molar-refractivity contribution in [3.05, 3.63) is 57.9 Å². The number of hydrogen-bond donors (Lipinski definition) is 1. The summed E-state index contributed by atoms with van der Waals surface area (Å²) in [6.07, 6.45) is 2.26. The molecule has 2 aromatic rings. The molecule has 0 bridgehead atoms. The van der Waals surface area contributed by atoms with Gasteiger partial charge in [-0.05, 0) is 67.4 Å². The maximum absolute atomic E-state index is 13.3. The van der Waals surface area contributed by atoms with Crippen LogP contribution < -0.4 is 10.1 Å². The van der Waals surface area contributed by atoms with Crippen molar-refractivity contribution >= 4 is 41.1 Å². The van der Waals surface area contributed by atoms with Gasteiger partial charge in [0.05, 0.1) is 12.7 Å². The number of pyridine rings is 1. The van der Waals surface area contributed by atoms with Gasteiger partial charge in [-0.25, -0.2) is 4.98 Å². The largest absolute Gasteiger partial charge is 0.496 e. The van der Waals surface area contributed by atoms with Gasteiger partial charge in [0.25, 0.3) is 5.91 Å². The van der Waals surface area contributed by atoms with Crippen molar-refractivity contribution in [3.8, 4) is 11.8 Å². The number of halogens is 3. The summed E-state index contributed by atoms with van der Waals surface area (Å²) in [6.45, 7) is 1.46. The third-order valence-corrected chi connectivity index (χ3v) is 7.74. The van der Waals surface area contributed by atoms with Gasteiger partial charge in [0.2, 0.25) is 0 Å². The van der Waals surface area contributed by atoms with Crippen molar-refractivity contribution in [2.45, 2.75) is 62.0 Å². The number of carbonyl (C=O) groups excluding carboxylic acids is 1. The number of nitriles is 1. The summed E-state index contributed by atoms with van der Waals surface area (Å²) >= 11 is 6.46. The van der Waals surface area contributed by atoms with Crippen LogP contribution in [0.2, 0.25) is 0 Å². The molecular formula is C26H25F3N4O2S2. The van der Waals surface area contributed by atoms with Gasteiger partial charge in [-0.3, -0.25) is 9.69 Å². The van der Waals surface area contributed by atoms with E-state index in [1.54, 1.807) is 29.2 Å². The Hall–Kier alpha value is -3.10. The lowest BCUT2D eigenvalue weighted by atomic mass is 9.94. The number of carbonyl (C=O) groups is 1. The molecule has 2 aliphatic rings. The molecule has 0 unspecified atom stereocenters. The summed E-state index contributed by atoms with van der Waals surface area (Å²) in [5.41, 5.74) is 1.03. The third kappa shape index (κ3) is 5.91. The molecule has 2 fully saturated rings. The van der Waals surface area contributed by atoms with Crippen LogP contribution in [0.25, 0.3) is 6.08 Å². The Balaban J connectivity index is 1.58. The van der Waals surface area contributed by atoms with Gasteiger partial charge in [0.1, 0.15) is 28.2 Å². The van der Waals surface area contributed by atoms with E-state index in [1.165, 1.54) is 20.5 Å². The zero-order valence-corrected chi connectivity index (χ0v) is 21.9. The number of thioether (sulfide) groups is 1. The van der Waals surface area contributed by atoms with Crippen LogP contribution in [0.5, 0.6) is 5.75 Å². The zero-order valence-electron chi connectivity index (χ0n) is 20.3. The second-order valence-electron chi connectivity index (χ2n) is 8.93. The smallest absolute Gasteiger partial charge is 0.433 e. The molecule has 1 aromatic carbocycles. The van der Waals surface area contributed by atoms with Gasteiger partial charge in [-0.2, -0.15) is 18.4 Å². The molecular weight excluding hydrogens is 521 g/mol. The highest BCUT2D eigenvalue weighted by Crippen LogP contribution is 2.35. The molecule has 1 N–H and O–H groups in total. The molecule has 0 radical (unpaired) electrons. The van der Waals surface area contributed by atoms with Gasteiger partial charge in [-0.1, -0.05) is 25.3 Å². The van der Waals surface area contributed by atoms with Gasteiger partial charge in [0.15, 0.2) is 5.11 Å². The highest BCUT2D eigenvalue weighted by atomic mass is 32.2. The topological polar surface area (TPSA) is 78.2 Å². The van der Waals surface area contributed by atoms with Gasteiger partial charge in [-0.15, -0.1) is 11.8 Å². The van der Waals surface area contributed by atoms with Gasteiger partial charge in [0, 0.05) is 17.4 Å². The molecule has 11 heteroatoms. The molecule has 1 amide bonds.